The molecule has 0 aliphatic rings. The highest BCUT2D eigenvalue weighted by molar-refractivity contribution is 6.05. The molecular weight excluding hydrogens is 374 g/mol. The first-order chi connectivity index (χ1) is 14.7. The number of hydrogen-bond acceptors (Lipinski definition) is 5. The van der Waals surface area contributed by atoms with Gasteiger partial charge in [-0.25, -0.2) is 4.98 Å². The van der Waals surface area contributed by atoms with Crippen molar-refractivity contribution >= 4 is 40.2 Å². The van der Waals surface area contributed by atoms with Crippen molar-refractivity contribution in [3.05, 3.63) is 103 Å². The summed E-state index contributed by atoms with van der Waals surface area (Å²) in [6, 6.07) is 28.3. The van der Waals surface area contributed by atoms with Crippen molar-refractivity contribution in [2.75, 3.05) is 21.7 Å². The molecule has 6 nitrogen and oxygen atoms in total. The molecule has 0 saturated heterocycles. The molecule has 0 aliphatic heterocycles. The Morgan fingerprint density at radius 1 is 0.667 bits per heavy atom. The van der Waals surface area contributed by atoms with Crippen molar-refractivity contribution in [2.24, 2.45) is 0 Å². The molecule has 0 spiro atoms. The second-order valence-electron chi connectivity index (χ2n) is 6.70. The summed E-state index contributed by atoms with van der Waals surface area (Å²) < 4.78 is 0. The molecule has 0 fully saturated rings. The van der Waals surface area contributed by atoms with Crippen molar-refractivity contribution < 1.29 is 4.79 Å². The second-order valence-corrected chi connectivity index (χ2v) is 6.70. The van der Waals surface area contributed by atoms with E-state index in [9.17, 15) is 4.79 Å². The molecule has 4 rings (SSSR count). The van der Waals surface area contributed by atoms with Crippen LogP contribution in [0.15, 0.2) is 97.2 Å². The summed E-state index contributed by atoms with van der Waals surface area (Å²) in [5.41, 5.74) is 10.4. The van der Waals surface area contributed by atoms with E-state index in [4.69, 9.17) is 5.73 Å². The number of carbonyl (C=O) groups excluding carboxylic acids is 1. The minimum atomic E-state index is -0.190. The summed E-state index contributed by atoms with van der Waals surface area (Å²) in [4.78, 5) is 16.7. The molecule has 0 radical (unpaired) electrons. The maximum atomic E-state index is 12.8. The molecule has 4 aromatic rings. The Balaban J connectivity index is 1.46. The van der Waals surface area contributed by atoms with Crippen LogP contribution in [0.25, 0.3) is 0 Å². The van der Waals surface area contributed by atoms with Gasteiger partial charge in [-0.05, 0) is 54.6 Å². The zero-order chi connectivity index (χ0) is 20.8. The van der Waals surface area contributed by atoms with E-state index in [0.29, 0.717) is 17.1 Å². The van der Waals surface area contributed by atoms with E-state index in [2.05, 4.69) is 20.9 Å². The summed E-state index contributed by atoms with van der Waals surface area (Å²) >= 11 is 0. The van der Waals surface area contributed by atoms with Crippen molar-refractivity contribution in [3.8, 4) is 0 Å². The van der Waals surface area contributed by atoms with Gasteiger partial charge in [0.05, 0.1) is 0 Å². The van der Waals surface area contributed by atoms with Gasteiger partial charge in [-0.2, -0.15) is 0 Å². The van der Waals surface area contributed by atoms with Crippen LogP contribution >= 0.6 is 0 Å². The highest BCUT2D eigenvalue weighted by Crippen LogP contribution is 2.22. The monoisotopic (exact) mass is 395 g/mol. The zero-order valence-electron chi connectivity index (χ0n) is 16.2. The number of nitrogens with zero attached hydrogens (tertiary/aromatic N) is 1. The molecule has 1 heterocycles. The van der Waals surface area contributed by atoms with Crippen LogP contribution in [0.2, 0.25) is 0 Å². The minimum absolute atomic E-state index is 0.190. The van der Waals surface area contributed by atoms with E-state index in [1.807, 2.05) is 72.8 Å². The highest BCUT2D eigenvalue weighted by Gasteiger charge is 2.08. The fourth-order valence-electron chi connectivity index (χ4n) is 3.00. The number of amides is 1. The van der Waals surface area contributed by atoms with Gasteiger partial charge in [0.25, 0.3) is 5.91 Å². The van der Waals surface area contributed by atoms with E-state index in [1.54, 1.807) is 24.4 Å². The molecule has 3 aromatic carbocycles. The standard InChI is InChI=1S/C24H21N5O/c25-23-16-22(12-13-26-23)28-19-9-4-6-17(14-19)24(30)29-21-11-5-10-20(15-21)27-18-7-2-1-3-8-18/h1-16,27H,(H,29,30)(H3,25,26,28). The highest BCUT2D eigenvalue weighted by atomic mass is 16.1. The number of nitrogens with one attached hydrogen (secondary N) is 3. The van der Waals surface area contributed by atoms with Crippen LogP contribution in [0.4, 0.5) is 34.3 Å². The predicted molar refractivity (Wildman–Crippen MR) is 122 cm³/mol. The minimum Gasteiger partial charge on any atom is -0.384 e. The van der Waals surface area contributed by atoms with E-state index < -0.39 is 0 Å². The van der Waals surface area contributed by atoms with Crippen molar-refractivity contribution in [2.45, 2.75) is 0 Å². The maximum absolute atomic E-state index is 12.8. The van der Waals surface area contributed by atoms with Gasteiger partial charge in [-0.1, -0.05) is 30.3 Å². The Morgan fingerprint density at radius 3 is 2.10 bits per heavy atom. The smallest absolute Gasteiger partial charge is 0.255 e. The normalized spacial score (nSPS) is 10.3. The molecule has 1 amide bonds. The number of hydrogen-bond donors (Lipinski definition) is 4. The number of carbonyl (C=O) groups is 1. The number of para-hydroxylation sites is 1. The zero-order valence-corrected chi connectivity index (χ0v) is 16.2. The van der Waals surface area contributed by atoms with Gasteiger partial charge in [0.1, 0.15) is 5.82 Å². The van der Waals surface area contributed by atoms with Gasteiger partial charge in [0.2, 0.25) is 0 Å². The first-order valence-corrected chi connectivity index (χ1v) is 9.48. The third-order valence-electron chi connectivity index (χ3n) is 4.38. The second kappa shape index (κ2) is 8.79. The molecule has 30 heavy (non-hydrogen) atoms. The Hall–Kier alpha value is -4.32. The molecule has 6 heteroatoms. The van der Waals surface area contributed by atoms with Crippen molar-refractivity contribution in [3.63, 3.8) is 0 Å². The molecule has 0 unspecified atom stereocenters. The van der Waals surface area contributed by atoms with Crippen LogP contribution in [0.3, 0.4) is 0 Å². The quantitative estimate of drug-likeness (QED) is 0.351. The Labute approximate surface area is 174 Å². The van der Waals surface area contributed by atoms with Crippen LogP contribution in [0, 0.1) is 0 Å². The maximum Gasteiger partial charge on any atom is 0.255 e. The number of benzene rings is 3. The van der Waals surface area contributed by atoms with Crippen LogP contribution in [-0.2, 0) is 0 Å². The summed E-state index contributed by atoms with van der Waals surface area (Å²) in [7, 11) is 0. The number of aromatic nitrogens is 1. The summed E-state index contributed by atoms with van der Waals surface area (Å²) in [6.45, 7) is 0. The van der Waals surface area contributed by atoms with E-state index in [1.165, 1.54) is 0 Å². The number of rotatable bonds is 6. The third kappa shape index (κ3) is 4.94. The van der Waals surface area contributed by atoms with E-state index >= 15 is 0 Å². The lowest BCUT2D eigenvalue weighted by Crippen LogP contribution is -2.12. The molecular formula is C24H21N5O. The molecule has 1 aromatic heterocycles. The van der Waals surface area contributed by atoms with Crippen molar-refractivity contribution in [1.82, 2.24) is 4.98 Å². The molecule has 0 aliphatic carbocycles. The fourth-order valence-corrected chi connectivity index (χ4v) is 3.00. The lowest BCUT2D eigenvalue weighted by Gasteiger charge is -2.11. The van der Waals surface area contributed by atoms with Crippen LogP contribution in [0.5, 0.6) is 0 Å². The van der Waals surface area contributed by atoms with Crippen LogP contribution in [0.1, 0.15) is 10.4 Å². The van der Waals surface area contributed by atoms with Gasteiger partial charge in [0.15, 0.2) is 0 Å². The summed E-state index contributed by atoms with van der Waals surface area (Å²) in [5, 5.41) is 9.50. The Kier molecular flexibility index (Phi) is 5.57. The van der Waals surface area contributed by atoms with Crippen LogP contribution in [-0.4, -0.2) is 10.9 Å². The molecule has 148 valence electrons. The van der Waals surface area contributed by atoms with E-state index in [-0.39, 0.29) is 5.91 Å². The third-order valence-corrected chi connectivity index (χ3v) is 4.38. The fraction of sp³-hybridized carbons (Fsp3) is 0. The van der Waals surface area contributed by atoms with Crippen LogP contribution < -0.4 is 21.7 Å². The Bertz CT molecular complexity index is 1160. The van der Waals surface area contributed by atoms with Gasteiger partial charge in [-0.15, -0.1) is 0 Å². The topological polar surface area (TPSA) is 92.1 Å². The number of nitrogens with two attached hydrogens (primary N) is 1. The molecule has 0 saturated carbocycles. The summed E-state index contributed by atoms with van der Waals surface area (Å²) in [5.74, 6) is 0.239. The average Bonchev–Trinajstić information content (AvgIpc) is 2.75. The largest absolute Gasteiger partial charge is 0.384 e. The SMILES string of the molecule is Nc1cc(Nc2cccc(C(=O)Nc3cccc(Nc4ccccc4)c3)c2)ccn1. The van der Waals surface area contributed by atoms with Gasteiger partial charge < -0.3 is 21.7 Å². The number of nitrogen functional groups attached to an aromatic ring is 1. The molecule has 5 N–H and O–H groups in total. The lowest BCUT2D eigenvalue weighted by molar-refractivity contribution is 0.102. The van der Waals surface area contributed by atoms with Gasteiger partial charge in [-0.3, -0.25) is 4.79 Å². The Morgan fingerprint density at radius 2 is 1.30 bits per heavy atom. The van der Waals surface area contributed by atoms with Crippen molar-refractivity contribution in [1.29, 1.82) is 0 Å². The average molecular weight is 395 g/mol. The molecule has 0 bridgehead atoms. The lowest BCUT2D eigenvalue weighted by atomic mass is 10.1. The number of pyridine rings is 1. The predicted octanol–water partition coefficient (Wildman–Crippen LogP) is 5.40. The van der Waals surface area contributed by atoms with E-state index in [0.717, 1.165) is 22.7 Å². The first kappa shape index (κ1) is 19.0. The summed E-state index contributed by atoms with van der Waals surface area (Å²) in [6.07, 6.45) is 1.63. The van der Waals surface area contributed by atoms with Gasteiger partial charge in [0, 0.05) is 46.3 Å². The van der Waals surface area contributed by atoms with Gasteiger partial charge >= 0.3 is 0 Å². The molecule has 0 atom stereocenters. The number of anilines is 6. The first-order valence-electron chi connectivity index (χ1n) is 9.48.